The van der Waals surface area contributed by atoms with E-state index in [1.165, 1.54) is 12.3 Å². The first kappa shape index (κ1) is 10.9. The smallest absolute Gasteiger partial charge is 0.141 e. The fraction of sp³-hybridized carbons (Fsp3) is 0.364. The summed E-state index contributed by atoms with van der Waals surface area (Å²) in [6, 6.07) is 3.10. The second-order valence-electron chi connectivity index (χ2n) is 3.24. The van der Waals surface area contributed by atoms with E-state index in [-0.39, 0.29) is 11.9 Å². The van der Waals surface area contributed by atoms with Gasteiger partial charge >= 0.3 is 0 Å². The van der Waals surface area contributed by atoms with Crippen molar-refractivity contribution >= 4 is 0 Å². The Morgan fingerprint density at radius 1 is 1.64 bits per heavy atom. The SMILES string of the molecule is C=C(C)C(NCC)c1ccc(F)cn1. The van der Waals surface area contributed by atoms with Crippen molar-refractivity contribution in [2.24, 2.45) is 0 Å². The van der Waals surface area contributed by atoms with Gasteiger partial charge in [-0.05, 0) is 25.6 Å². The number of aromatic nitrogens is 1. The topological polar surface area (TPSA) is 24.9 Å². The molecule has 0 bridgehead atoms. The van der Waals surface area contributed by atoms with E-state index in [2.05, 4.69) is 16.9 Å². The number of halogens is 1. The van der Waals surface area contributed by atoms with E-state index in [0.717, 1.165) is 17.8 Å². The van der Waals surface area contributed by atoms with Crippen molar-refractivity contribution in [2.45, 2.75) is 19.9 Å². The van der Waals surface area contributed by atoms with Crippen LogP contribution in [0.1, 0.15) is 25.6 Å². The third kappa shape index (κ3) is 2.64. The molecular weight excluding hydrogens is 179 g/mol. The summed E-state index contributed by atoms with van der Waals surface area (Å²) in [7, 11) is 0. The van der Waals surface area contributed by atoms with Crippen LogP contribution >= 0.6 is 0 Å². The zero-order valence-electron chi connectivity index (χ0n) is 8.55. The molecule has 3 heteroatoms. The second-order valence-corrected chi connectivity index (χ2v) is 3.24. The summed E-state index contributed by atoms with van der Waals surface area (Å²) in [5.41, 5.74) is 1.78. The molecule has 0 aliphatic heterocycles. The predicted molar refractivity (Wildman–Crippen MR) is 55.4 cm³/mol. The quantitative estimate of drug-likeness (QED) is 0.745. The first-order valence-electron chi connectivity index (χ1n) is 4.65. The maximum atomic E-state index is 12.6. The molecule has 1 unspecified atom stereocenters. The molecule has 0 spiro atoms. The molecule has 76 valence electrons. The van der Waals surface area contributed by atoms with E-state index in [9.17, 15) is 4.39 Å². The van der Waals surface area contributed by atoms with Crippen LogP contribution in [0.3, 0.4) is 0 Å². The largest absolute Gasteiger partial charge is 0.306 e. The average Bonchev–Trinajstić information content (AvgIpc) is 2.15. The highest BCUT2D eigenvalue weighted by atomic mass is 19.1. The Kier molecular flexibility index (Phi) is 3.77. The van der Waals surface area contributed by atoms with Crippen LogP contribution < -0.4 is 5.32 Å². The van der Waals surface area contributed by atoms with Gasteiger partial charge in [0.05, 0.1) is 17.9 Å². The molecular formula is C11H15FN2. The fourth-order valence-corrected chi connectivity index (χ4v) is 1.29. The molecule has 0 radical (unpaired) electrons. The van der Waals surface area contributed by atoms with E-state index >= 15 is 0 Å². The van der Waals surface area contributed by atoms with Crippen molar-refractivity contribution < 1.29 is 4.39 Å². The lowest BCUT2D eigenvalue weighted by molar-refractivity contribution is 0.589. The van der Waals surface area contributed by atoms with Crippen LogP contribution in [0.15, 0.2) is 30.5 Å². The van der Waals surface area contributed by atoms with E-state index in [4.69, 9.17) is 0 Å². The van der Waals surface area contributed by atoms with E-state index < -0.39 is 0 Å². The first-order valence-corrected chi connectivity index (χ1v) is 4.65. The van der Waals surface area contributed by atoms with Gasteiger partial charge in [-0.3, -0.25) is 4.98 Å². The first-order chi connectivity index (χ1) is 6.65. The van der Waals surface area contributed by atoms with Crippen molar-refractivity contribution in [3.63, 3.8) is 0 Å². The lowest BCUT2D eigenvalue weighted by Gasteiger charge is -2.16. The van der Waals surface area contributed by atoms with Gasteiger partial charge in [-0.1, -0.05) is 19.1 Å². The third-order valence-electron chi connectivity index (χ3n) is 1.95. The Balaban J connectivity index is 2.87. The molecule has 0 aliphatic rings. The minimum atomic E-state index is -0.314. The summed E-state index contributed by atoms with van der Waals surface area (Å²) in [5.74, 6) is -0.314. The molecule has 0 fully saturated rings. The molecule has 0 aromatic carbocycles. The molecule has 14 heavy (non-hydrogen) atoms. The van der Waals surface area contributed by atoms with Crippen molar-refractivity contribution in [2.75, 3.05) is 6.54 Å². The molecule has 0 aliphatic carbocycles. The van der Waals surface area contributed by atoms with E-state index in [0.29, 0.717) is 0 Å². The summed E-state index contributed by atoms with van der Waals surface area (Å²) in [5, 5.41) is 3.23. The molecule has 0 saturated heterocycles. The Labute approximate surface area is 83.9 Å². The highest BCUT2D eigenvalue weighted by Crippen LogP contribution is 2.17. The molecule has 2 nitrogen and oxygen atoms in total. The van der Waals surface area contributed by atoms with Crippen LogP contribution in [0.5, 0.6) is 0 Å². The standard InChI is InChI=1S/C11H15FN2/c1-4-13-11(8(2)3)10-6-5-9(12)7-14-10/h5-7,11,13H,2,4H2,1,3H3. The molecule has 1 aromatic rings. The van der Waals surface area contributed by atoms with Crippen molar-refractivity contribution in [1.82, 2.24) is 10.3 Å². The summed E-state index contributed by atoms with van der Waals surface area (Å²) < 4.78 is 12.6. The number of likely N-dealkylation sites (N-methyl/N-ethyl adjacent to an activating group) is 1. The van der Waals surface area contributed by atoms with Crippen LogP contribution in [0, 0.1) is 5.82 Å². The van der Waals surface area contributed by atoms with Gasteiger partial charge in [0.2, 0.25) is 0 Å². The second kappa shape index (κ2) is 4.86. The van der Waals surface area contributed by atoms with Gasteiger partial charge < -0.3 is 5.32 Å². The highest BCUT2D eigenvalue weighted by Gasteiger charge is 2.11. The molecule has 0 saturated carbocycles. The highest BCUT2D eigenvalue weighted by molar-refractivity contribution is 5.19. The van der Waals surface area contributed by atoms with Crippen LogP contribution in [0.25, 0.3) is 0 Å². The minimum Gasteiger partial charge on any atom is -0.306 e. The zero-order valence-corrected chi connectivity index (χ0v) is 8.55. The van der Waals surface area contributed by atoms with Crippen LogP contribution in [-0.4, -0.2) is 11.5 Å². The number of pyridine rings is 1. The molecule has 1 atom stereocenters. The van der Waals surface area contributed by atoms with Gasteiger partial charge in [0, 0.05) is 0 Å². The minimum absolute atomic E-state index is 0.0144. The van der Waals surface area contributed by atoms with Gasteiger partial charge in [-0.25, -0.2) is 4.39 Å². The van der Waals surface area contributed by atoms with Gasteiger partial charge in [0.25, 0.3) is 0 Å². The van der Waals surface area contributed by atoms with Crippen LogP contribution in [0.4, 0.5) is 4.39 Å². The molecule has 0 amide bonds. The summed E-state index contributed by atoms with van der Waals surface area (Å²) in [6.07, 6.45) is 1.22. The normalized spacial score (nSPS) is 12.5. The summed E-state index contributed by atoms with van der Waals surface area (Å²) in [6.45, 7) is 8.65. The maximum absolute atomic E-state index is 12.6. The number of nitrogens with zero attached hydrogens (tertiary/aromatic N) is 1. The lowest BCUT2D eigenvalue weighted by atomic mass is 10.1. The van der Waals surface area contributed by atoms with Gasteiger partial charge in [0.1, 0.15) is 5.82 Å². The molecule has 1 heterocycles. The van der Waals surface area contributed by atoms with E-state index in [1.807, 2.05) is 13.8 Å². The Morgan fingerprint density at radius 2 is 2.36 bits per heavy atom. The molecule has 1 rings (SSSR count). The number of hydrogen-bond acceptors (Lipinski definition) is 2. The number of nitrogens with one attached hydrogen (secondary N) is 1. The molecule has 1 aromatic heterocycles. The average molecular weight is 194 g/mol. The Bertz CT molecular complexity index is 306. The van der Waals surface area contributed by atoms with Gasteiger partial charge in [-0.2, -0.15) is 0 Å². The van der Waals surface area contributed by atoms with Gasteiger partial charge in [-0.15, -0.1) is 0 Å². The number of hydrogen-bond donors (Lipinski definition) is 1. The summed E-state index contributed by atoms with van der Waals surface area (Å²) >= 11 is 0. The third-order valence-corrected chi connectivity index (χ3v) is 1.95. The lowest BCUT2D eigenvalue weighted by Crippen LogP contribution is -2.22. The van der Waals surface area contributed by atoms with Crippen molar-refractivity contribution in [3.8, 4) is 0 Å². The zero-order chi connectivity index (χ0) is 10.6. The van der Waals surface area contributed by atoms with Crippen LogP contribution in [-0.2, 0) is 0 Å². The van der Waals surface area contributed by atoms with E-state index in [1.54, 1.807) is 6.07 Å². The van der Waals surface area contributed by atoms with Crippen molar-refractivity contribution in [1.29, 1.82) is 0 Å². The Morgan fingerprint density at radius 3 is 2.79 bits per heavy atom. The fourth-order valence-electron chi connectivity index (χ4n) is 1.29. The molecule has 1 N–H and O–H groups in total. The number of rotatable bonds is 4. The monoisotopic (exact) mass is 194 g/mol. The van der Waals surface area contributed by atoms with Gasteiger partial charge in [0.15, 0.2) is 0 Å². The summed E-state index contributed by atoms with van der Waals surface area (Å²) in [4.78, 5) is 4.02. The maximum Gasteiger partial charge on any atom is 0.141 e. The van der Waals surface area contributed by atoms with Crippen LogP contribution in [0.2, 0.25) is 0 Å². The Hall–Kier alpha value is -1.22. The predicted octanol–water partition coefficient (Wildman–Crippen LogP) is 2.45. The van der Waals surface area contributed by atoms with Crippen molar-refractivity contribution in [3.05, 3.63) is 42.0 Å².